The van der Waals surface area contributed by atoms with Crippen LogP contribution < -0.4 is 5.32 Å². The zero-order chi connectivity index (χ0) is 11.0. The summed E-state index contributed by atoms with van der Waals surface area (Å²) in [6.07, 6.45) is 4.14. The highest BCUT2D eigenvalue weighted by Gasteiger charge is 2.40. The first-order chi connectivity index (χ1) is 7.83. The third-order valence-corrected chi connectivity index (χ3v) is 3.31. The van der Waals surface area contributed by atoms with E-state index in [4.69, 9.17) is 9.15 Å². The molecule has 1 N–H and O–H groups in total. The number of rotatable bonds is 4. The molecule has 2 fully saturated rings. The Morgan fingerprint density at radius 2 is 2.19 bits per heavy atom. The Bertz CT molecular complexity index is 362. The summed E-state index contributed by atoms with van der Waals surface area (Å²) in [5.74, 6) is 2.07. The molecule has 16 heavy (non-hydrogen) atoms. The van der Waals surface area contributed by atoms with Crippen molar-refractivity contribution in [1.29, 1.82) is 0 Å². The van der Waals surface area contributed by atoms with Gasteiger partial charge >= 0.3 is 0 Å². The van der Waals surface area contributed by atoms with Crippen LogP contribution in [-0.4, -0.2) is 29.0 Å². The summed E-state index contributed by atoms with van der Waals surface area (Å²) < 4.78 is 11.1. The predicted octanol–water partition coefficient (Wildman–Crippen LogP) is 1.04. The second kappa shape index (κ2) is 4.14. The number of nitrogens with zero attached hydrogens (tertiary/aromatic N) is 2. The Morgan fingerprint density at radius 1 is 1.31 bits per heavy atom. The molecule has 1 saturated carbocycles. The first kappa shape index (κ1) is 10.2. The Morgan fingerprint density at radius 3 is 2.88 bits per heavy atom. The van der Waals surface area contributed by atoms with E-state index >= 15 is 0 Å². The molecule has 1 saturated heterocycles. The highest BCUT2D eigenvalue weighted by molar-refractivity contribution is 4.94. The van der Waals surface area contributed by atoms with Crippen molar-refractivity contribution in [2.24, 2.45) is 5.92 Å². The van der Waals surface area contributed by atoms with Crippen LogP contribution in [0.1, 0.15) is 31.0 Å². The minimum absolute atomic E-state index is 0.406. The van der Waals surface area contributed by atoms with Crippen molar-refractivity contribution in [1.82, 2.24) is 15.5 Å². The summed E-state index contributed by atoms with van der Waals surface area (Å²) in [7, 11) is 0. The van der Waals surface area contributed by atoms with E-state index in [1.807, 2.05) is 6.92 Å². The standard InChI is InChI=1S/C11H17N3O2/c1-7-13-14-10(16-7)6-12-9-4-5-15-11(9)8-2-3-8/h8-9,11-12H,2-6H2,1H3. The molecule has 0 spiro atoms. The van der Waals surface area contributed by atoms with Gasteiger partial charge in [0.15, 0.2) is 0 Å². The molecule has 5 heteroatoms. The second-order valence-corrected chi connectivity index (χ2v) is 4.66. The fraction of sp³-hybridized carbons (Fsp3) is 0.818. The van der Waals surface area contributed by atoms with Crippen molar-refractivity contribution < 1.29 is 9.15 Å². The summed E-state index contributed by atoms with van der Waals surface area (Å²) in [5, 5.41) is 11.2. The van der Waals surface area contributed by atoms with Crippen LogP contribution >= 0.6 is 0 Å². The number of nitrogens with one attached hydrogen (secondary N) is 1. The number of aromatic nitrogens is 2. The Balaban J connectivity index is 1.54. The third-order valence-electron chi connectivity index (χ3n) is 3.31. The molecule has 2 heterocycles. The SMILES string of the molecule is Cc1nnc(CNC2CCOC2C2CC2)o1. The fourth-order valence-corrected chi connectivity index (χ4v) is 2.35. The van der Waals surface area contributed by atoms with Crippen molar-refractivity contribution in [2.45, 2.75) is 44.9 Å². The lowest BCUT2D eigenvalue weighted by atomic mass is 10.1. The van der Waals surface area contributed by atoms with Gasteiger partial charge in [-0.3, -0.25) is 0 Å². The molecule has 2 aliphatic rings. The maximum Gasteiger partial charge on any atom is 0.230 e. The lowest BCUT2D eigenvalue weighted by Gasteiger charge is -2.18. The van der Waals surface area contributed by atoms with E-state index in [9.17, 15) is 0 Å². The molecule has 1 aliphatic carbocycles. The van der Waals surface area contributed by atoms with Crippen LogP contribution in [0.15, 0.2) is 4.42 Å². The summed E-state index contributed by atoms with van der Waals surface area (Å²) in [6.45, 7) is 3.34. The number of hydrogen-bond donors (Lipinski definition) is 1. The Kier molecular flexibility index (Phi) is 2.65. The molecule has 0 radical (unpaired) electrons. The Hall–Kier alpha value is -0.940. The van der Waals surface area contributed by atoms with Crippen LogP contribution in [-0.2, 0) is 11.3 Å². The molecule has 0 aromatic carbocycles. The molecule has 0 amide bonds. The van der Waals surface area contributed by atoms with Crippen LogP contribution in [0.25, 0.3) is 0 Å². The van der Waals surface area contributed by atoms with Crippen LogP contribution in [0.4, 0.5) is 0 Å². The first-order valence-corrected chi connectivity index (χ1v) is 5.97. The van der Waals surface area contributed by atoms with E-state index < -0.39 is 0 Å². The molecule has 1 aromatic rings. The smallest absolute Gasteiger partial charge is 0.230 e. The van der Waals surface area contributed by atoms with Crippen LogP contribution in [0.2, 0.25) is 0 Å². The molecule has 5 nitrogen and oxygen atoms in total. The number of hydrogen-bond acceptors (Lipinski definition) is 5. The van der Waals surface area contributed by atoms with Crippen molar-refractivity contribution in [3.05, 3.63) is 11.8 Å². The average Bonchev–Trinajstić information content (AvgIpc) is 2.86. The van der Waals surface area contributed by atoms with Crippen molar-refractivity contribution in [2.75, 3.05) is 6.61 Å². The molecule has 88 valence electrons. The van der Waals surface area contributed by atoms with Gasteiger partial charge in [0.2, 0.25) is 11.8 Å². The lowest BCUT2D eigenvalue weighted by molar-refractivity contribution is 0.0804. The van der Waals surface area contributed by atoms with Crippen LogP contribution in [0.5, 0.6) is 0 Å². The van der Waals surface area contributed by atoms with Gasteiger partial charge in [-0.25, -0.2) is 0 Å². The van der Waals surface area contributed by atoms with Crippen LogP contribution in [0, 0.1) is 12.8 Å². The predicted molar refractivity (Wildman–Crippen MR) is 56.7 cm³/mol. The van der Waals surface area contributed by atoms with E-state index in [0.717, 1.165) is 18.9 Å². The van der Waals surface area contributed by atoms with Crippen molar-refractivity contribution in [3.8, 4) is 0 Å². The van der Waals surface area contributed by atoms with E-state index in [1.54, 1.807) is 0 Å². The molecule has 2 unspecified atom stereocenters. The molecular formula is C11H17N3O2. The maximum absolute atomic E-state index is 5.75. The van der Waals surface area contributed by atoms with Crippen LogP contribution in [0.3, 0.4) is 0 Å². The van der Waals surface area contributed by atoms with Gasteiger partial charge < -0.3 is 14.5 Å². The molecule has 1 aromatic heterocycles. The summed E-state index contributed by atoms with van der Waals surface area (Å²) in [5.41, 5.74) is 0. The summed E-state index contributed by atoms with van der Waals surface area (Å²) in [4.78, 5) is 0. The van der Waals surface area contributed by atoms with Crippen molar-refractivity contribution >= 4 is 0 Å². The van der Waals surface area contributed by atoms with Gasteiger partial charge in [0.05, 0.1) is 12.6 Å². The lowest BCUT2D eigenvalue weighted by Crippen LogP contribution is -2.37. The van der Waals surface area contributed by atoms with E-state index in [0.29, 0.717) is 30.5 Å². The summed E-state index contributed by atoms with van der Waals surface area (Å²) in [6, 6.07) is 0.458. The van der Waals surface area contributed by atoms with Gasteiger partial charge in [-0.15, -0.1) is 10.2 Å². The number of ether oxygens (including phenoxy) is 1. The van der Waals surface area contributed by atoms with Gasteiger partial charge in [0.25, 0.3) is 0 Å². The molecular weight excluding hydrogens is 206 g/mol. The Labute approximate surface area is 94.6 Å². The molecule has 1 aliphatic heterocycles. The van der Waals surface area contributed by atoms with Gasteiger partial charge in [-0.2, -0.15) is 0 Å². The van der Waals surface area contributed by atoms with Crippen molar-refractivity contribution in [3.63, 3.8) is 0 Å². The largest absolute Gasteiger partial charge is 0.424 e. The zero-order valence-corrected chi connectivity index (χ0v) is 9.48. The highest BCUT2D eigenvalue weighted by atomic mass is 16.5. The van der Waals surface area contributed by atoms with Gasteiger partial charge in [0.1, 0.15) is 0 Å². The monoisotopic (exact) mass is 223 g/mol. The molecule has 3 rings (SSSR count). The quantitative estimate of drug-likeness (QED) is 0.826. The normalized spacial score (nSPS) is 29.8. The highest BCUT2D eigenvalue weighted by Crippen LogP contribution is 2.38. The number of aryl methyl sites for hydroxylation is 1. The molecule has 2 atom stereocenters. The van der Waals surface area contributed by atoms with Gasteiger partial charge in [-0.05, 0) is 25.2 Å². The topological polar surface area (TPSA) is 60.2 Å². The second-order valence-electron chi connectivity index (χ2n) is 4.66. The minimum atomic E-state index is 0.406. The van der Waals surface area contributed by atoms with E-state index in [1.165, 1.54) is 12.8 Å². The van der Waals surface area contributed by atoms with E-state index in [-0.39, 0.29) is 0 Å². The zero-order valence-electron chi connectivity index (χ0n) is 9.48. The maximum atomic E-state index is 5.75. The molecule has 0 bridgehead atoms. The van der Waals surface area contributed by atoms with Gasteiger partial charge in [-0.1, -0.05) is 0 Å². The van der Waals surface area contributed by atoms with E-state index in [2.05, 4.69) is 15.5 Å². The third kappa shape index (κ3) is 2.10. The van der Waals surface area contributed by atoms with Gasteiger partial charge in [0, 0.05) is 19.6 Å². The average molecular weight is 223 g/mol. The summed E-state index contributed by atoms with van der Waals surface area (Å²) >= 11 is 0. The fourth-order valence-electron chi connectivity index (χ4n) is 2.35. The minimum Gasteiger partial charge on any atom is -0.424 e. The first-order valence-electron chi connectivity index (χ1n) is 5.97.